The van der Waals surface area contributed by atoms with Gasteiger partial charge in [0.15, 0.2) is 17.3 Å². The molecular weight excluding hydrogens is 739 g/mol. The van der Waals surface area contributed by atoms with Gasteiger partial charge in [0.05, 0.1) is 28.7 Å². The highest BCUT2D eigenvalue weighted by Gasteiger charge is 2.59. The molecule has 3 heterocycles. The first-order valence-electron chi connectivity index (χ1n) is 17.1. The Kier molecular flexibility index (Phi) is 9.17. The zero-order valence-corrected chi connectivity index (χ0v) is 30.1. The standard InChI is InChI=1S/C35H36ClF5N10O3/c1-32(2,35(39,40)41)17-34(21-7-4-19(5-8-21)25-15-44-51(48-25)22-9-10-22)28(52)49(30(42)46-34)26(16-54-31(53)47-33(3)12-13-33)20-6-11-24(36)23(14-20)27-43-18-45-50(27)29(37)38/h4-8,11,14-15,18,22,26,29H,9-10,12-13,16-17H2,1-3H3,(H2,42,46)(H,47,53)/t26?,34-/m1/s1. The number of carbonyl (C=O) groups excluding carboxylic acids is 2. The summed E-state index contributed by atoms with van der Waals surface area (Å²) in [6.45, 7) is 0.124. The van der Waals surface area contributed by atoms with Crippen molar-refractivity contribution < 1.29 is 36.3 Å². The van der Waals surface area contributed by atoms with Crippen LogP contribution in [0.15, 0.2) is 60.0 Å². The van der Waals surface area contributed by atoms with Crippen molar-refractivity contribution in [1.82, 2.24) is 40.0 Å². The summed E-state index contributed by atoms with van der Waals surface area (Å²) in [5.41, 5.74) is 2.82. The molecule has 54 heavy (non-hydrogen) atoms. The first-order chi connectivity index (χ1) is 25.4. The van der Waals surface area contributed by atoms with Crippen molar-refractivity contribution in [3.05, 3.63) is 71.1 Å². The van der Waals surface area contributed by atoms with E-state index in [9.17, 15) is 31.5 Å². The Morgan fingerprint density at radius 2 is 1.81 bits per heavy atom. The molecule has 3 N–H and O–H groups in total. The summed E-state index contributed by atoms with van der Waals surface area (Å²) in [5.74, 6) is -1.69. The smallest absolute Gasteiger partial charge is 0.407 e. The van der Waals surface area contributed by atoms with E-state index >= 15 is 0 Å². The lowest BCUT2D eigenvalue weighted by Gasteiger charge is -2.37. The molecule has 0 radical (unpaired) electrons. The summed E-state index contributed by atoms with van der Waals surface area (Å²) in [4.78, 5) is 38.9. The van der Waals surface area contributed by atoms with E-state index < -0.39 is 66.2 Å². The second-order valence-corrected chi connectivity index (χ2v) is 15.2. The van der Waals surface area contributed by atoms with Gasteiger partial charge in [-0.1, -0.05) is 55.8 Å². The maximum absolute atomic E-state index is 14.9. The van der Waals surface area contributed by atoms with Crippen LogP contribution in [0.2, 0.25) is 5.02 Å². The normalized spacial score (nSPS) is 20.3. The van der Waals surface area contributed by atoms with Crippen molar-refractivity contribution in [2.24, 2.45) is 16.1 Å². The van der Waals surface area contributed by atoms with Gasteiger partial charge in [-0.15, -0.1) is 0 Å². The van der Waals surface area contributed by atoms with Gasteiger partial charge in [0.1, 0.15) is 18.6 Å². The van der Waals surface area contributed by atoms with E-state index in [0.717, 1.165) is 50.8 Å². The number of hydrogen-bond acceptors (Lipinski definition) is 9. The van der Waals surface area contributed by atoms with Crippen LogP contribution in [-0.2, 0) is 15.1 Å². The van der Waals surface area contributed by atoms with Crippen LogP contribution >= 0.6 is 11.6 Å². The summed E-state index contributed by atoms with van der Waals surface area (Å²) in [6.07, 6.45) is -0.542. The zero-order chi connectivity index (χ0) is 38.8. The summed E-state index contributed by atoms with van der Waals surface area (Å²) >= 11 is 6.44. The van der Waals surface area contributed by atoms with Crippen molar-refractivity contribution in [2.75, 3.05) is 6.61 Å². The number of aromatic nitrogens is 6. The van der Waals surface area contributed by atoms with E-state index in [0.29, 0.717) is 15.9 Å². The quantitative estimate of drug-likeness (QED) is 0.147. The predicted molar refractivity (Wildman–Crippen MR) is 185 cm³/mol. The van der Waals surface area contributed by atoms with Crippen molar-refractivity contribution >= 4 is 29.6 Å². The highest BCUT2D eigenvalue weighted by molar-refractivity contribution is 6.33. The van der Waals surface area contributed by atoms with Gasteiger partial charge < -0.3 is 15.8 Å². The molecule has 2 aromatic heterocycles. The number of aliphatic imine (C=N–C) groups is 1. The van der Waals surface area contributed by atoms with Gasteiger partial charge in [0.2, 0.25) is 0 Å². The van der Waals surface area contributed by atoms with Crippen LogP contribution in [0.25, 0.3) is 22.6 Å². The monoisotopic (exact) mass is 774 g/mol. The number of alkyl carbamates (subject to hydrolysis) is 1. The Morgan fingerprint density at radius 3 is 2.44 bits per heavy atom. The van der Waals surface area contributed by atoms with Crippen molar-refractivity contribution in [1.29, 1.82) is 0 Å². The Morgan fingerprint density at radius 1 is 1.11 bits per heavy atom. The van der Waals surface area contributed by atoms with Crippen molar-refractivity contribution in [3.63, 3.8) is 0 Å². The third-order valence-electron chi connectivity index (χ3n) is 10.1. The van der Waals surface area contributed by atoms with Crippen molar-refractivity contribution in [2.45, 2.75) is 88.8 Å². The molecule has 0 bridgehead atoms. The maximum atomic E-state index is 14.9. The number of nitrogens with zero attached hydrogens (tertiary/aromatic N) is 8. The number of benzene rings is 2. The molecule has 0 saturated heterocycles. The molecule has 2 fully saturated rings. The Labute approximate surface area is 310 Å². The average Bonchev–Trinajstić information content (AvgIpc) is 3.93. The Balaban J connectivity index is 1.30. The number of hydrogen-bond donors (Lipinski definition) is 2. The third kappa shape index (κ3) is 6.98. The molecule has 286 valence electrons. The summed E-state index contributed by atoms with van der Waals surface area (Å²) < 4.78 is 77.3. The minimum absolute atomic E-state index is 0.000588. The molecule has 19 heteroatoms. The fourth-order valence-electron chi connectivity index (χ4n) is 6.43. The lowest BCUT2D eigenvalue weighted by Crippen LogP contribution is -2.49. The number of amides is 2. The lowest BCUT2D eigenvalue weighted by molar-refractivity contribution is -0.218. The van der Waals surface area contributed by atoms with Crippen LogP contribution in [0.5, 0.6) is 0 Å². The number of nitrogens with one attached hydrogen (secondary N) is 1. The molecule has 7 rings (SSSR count). The first kappa shape index (κ1) is 37.2. The van der Waals surface area contributed by atoms with Gasteiger partial charge >= 0.3 is 18.8 Å². The molecule has 2 amide bonds. The SMILES string of the molecule is CC1(NC(=O)OCC(c2ccc(Cl)c(-c3ncnn3C(F)F)c2)N2C(=O)[C@@](CC(C)(C)C(F)(F)F)(c3ccc(-c4cnn(C5CC5)n4)cc3)N=C2N)CC1. The largest absolute Gasteiger partial charge is 0.447 e. The topological polar surface area (TPSA) is 158 Å². The molecular formula is C35H36ClF5N10O3. The Hall–Kier alpha value is -5.13. The van der Waals surface area contributed by atoms with E-state index in [-0.39, 0.29) is 33.6 Å². The lowest BCUT2D eigenvalue weighted by atomic mass is 9.74. The number of nitrogens with two attached hydrogens (primary N) is 1. The summed E-state index contributed by atoms with van der Waals surface area (Å²) in [6, 6.07) is 9.32. The summed E-state index contributed by atoms with van der Waals surface area (Å²) in [5, 5.41) is 15.1. The van der Waals surface area contributed by atoms with E-state index in [1.807, 2.05) is 6.92 Å². The highest BCUT2D eigenvalue weighted by Crippen LogP contribution is 2.51. The van der Waals surface area contributed by atoms with Gasteiger partial charge in [-0.05, 0) is 62.3 Å². The fraction of sp³-hybridized carbons (Fsp3) is 0.457. The van der Waals surface area contributed by atoms with E-state index in [1.165, 1.54) is 30.3 Å². The van der Waals surface area contributed by atoms with Gasteiger partial charge in [0.25, 0.3) is 5.91 Å². The number of halogens is 6. The van der Waals surface area contributed by atoms with Gasteiger partial charge in [0, 0.05) is 16.7 Å². The number of ether oxygens (including phenoxy) is 1. The minimum Gasteiger partial charge on any atom is -0.447 e. The fourth-order valence-corrected chi connectivity index (χ4v) is 6.63. The zero-order valence-electron chi connectivity index (χ0n) is 29.3. The number of rotatable bonds is 12. The molecule has 13 nitrogen and oxygen atoms in total. The van der Waals surface area contributed by atoms with E-state index in [4.69, 9.17) is 22.1 Å². The Bertz CT molecular complexity index is 2110. The molecule has 1 aliphatic heterocycles. The van der Waals surface area contributed by atoms with Gasteiger partial charge in [-0.3, -0.25) is 9.69 Å². The van der Waals surface area contributed by atoms with Crippen LogP contribution in [0.1, 0.15) is 82.6 Å². The molecule has 0 spiro atoms. The van der Waals surface area contributed by atoms with E-state index in [1.54, 1.807) is 23.1 Å². The molecule has 1 unspecified atom stereocenters. The molecule has 2 saturated carbocycles. The second kappa shape index (κ2) is 13.3. The highest BCUT2D eigenvalue weighted by atomic mass is 35.5. The van der Waals surface area contributed by atoms with Crippen molar-refractivity contribution in [3.8, 4) is 22.6 Å². The van der Waals surface area contributed by atoms with E-state index in [2.05, 4.69) is 30.6 Å². The average molecular weight is 775 g/mol. The third-order valence-corrected chi connectivity index (χ3v) is 10.4. The molecule has 2 aromatic carbocycles. The number of carbonyl (C=O) groups is 2. The number of guanidine groups is 1. The van der Waals surface area contributed by atoms with Gasteiger partial charge in [-0.2, -0.15) is 46.7 Å². The second-order valence-electron chi connectivity index (χ2n) is 14.8. The first-order valence-corrected chi connectivity index (χ1v) is 17.5. The minimum atomic E-state index is -4.76. The number of alkyl halides is 5. The van der Waals surface area contributed by atoms with Gasteiger partial charge in [-0.25, -0.2) is 14.8 Å². The van der Waals surface area contributed by atoms with Crippen LogP contribution < -0.4 is 11.1 Å². The molecule has 2 aliphatic carbocycles. The molecule has 4 aromatic rings. The maximum Gasteiger partial charge on any atom is 0.407 e. The summed E-state index contributed by atoms with van der Waals surface area (Å²) in [7, 11) is 0. The van der Waals surface area contributed by atoms with Crippen LogP contribution in [0.4, 0.5) is 26.7 Å². The van der Waals surface area contributed by atoms with Crippen LogP contribution in [-0.4, -0.2) is 70.9 Å². The van der Waals surface area contributed by atoms with Crippen LogP contribution in [0, 0.1) is 5.41 Å². The predicted octanol–water partition coefficient (Wildman–Crippen LogP) is 6.94. The molecule has 2 atom stereocenters. The molecule has 3 aliphatic rings. The van der Waals surface area contributed by atoms with Crippen LogP contribution in [0.3, 0.4) is 0 Å².